The summed E-state index contributed by atoms with van der Waals surface area (Å²) in [6.07, 6.45) is 0.632. The fourth-order valence-electron chi connectivity index (χ4n) is 1.38. The molecule has 0 saturated carbocycles. The zero-order chi connectivity index (χ0) is 14.9. The van der Waals surface area contributed by atoms with Gasteiger partial charge in [0, 0.05) is 5.54 Å². The van der Waals surface area contributed by atoms with Crippen LogP contribution in [0.2, 0.25) is 0 Å². The second kappa shape index (κ2) is 5.03. The molecule has 7 heteroatoms. The first-order chi connectivity index (χ1) is 8.51. The molecule has 0 amide bonds. The Bertz CT molecular complexity index is 550. The van der Waals surface area contributed by atoms with Crippen LogP contribution in [0, 0.1) is 0 Å². The normalized spacial score (nSPS) is 13.4. The lowest BCUT2D eigenvalue weighted by molar-refractivity contribution is -0.0435. The van der Waals surface area contributed by atoms with E-state index in [1.807, 2.05) is 6.92 Å². The van der Waals surface area contributed by atoms with Crippen LogP contribution in [-0.4, -0.2) is 19.5 Å². The highest BCUT2D eigenvalue weighted by Gasteiger charge is 2.48. The van der Waals surface area contributed by atoms with Gasteiger partial charge in [0.05, 0.1) is 10.6 Å². The van der Waals surface area contributed by atoms with Gasteiger partial charge < -0.3 is 5.32 Å². The largest absolute Gasteiger partial charge is 0.501 e. The van der Waals surface area contributed by atoms with E-state index >= 15 is 0 Å². The molecular formula is C12H16F3NO2S. The van der Waals surface area contributed by atoms with Gasteiger partial charge >= 0.3 is 5.51 Å². The van der Waals surface area contributed by atoms with Crippen molar-refractivity contribution in [3.8, 4) is 0 Å². The molecule has 0 heterocycles. The van der Waals surface area contributed by atoms with E-state index in [0.29, 0.717) is 6.42 Å². The van der Waals surface area contributed by atoms with Crippen molar-refractivity contribution < 1.29 is 21.6 Å². The molecule has 0 aromatic heterocycles. The second-order valence-electron chi connectivity index (χ2n) is 4.81. The van der Waals surface area contributed by atoms with Gasteiger partial charge in [-0.3, -0.25) is 0 Å². The molecule has 1 aromatic carbocycles. The quantitative estimate of drug-likeness (QED) is 0.923. The highest BCUT2D eigenvalue weighted by Crippen LogP contribution is 2.35. The molecule has 1 rings (SSSR count). The summed E-state index contributed by atoms with van der Waals surface area (Å²) >= 11 is 0. The highest BCUT2D eigenvalue weighted by molar-refractivity contribution is 7.92. The number of anilines is 1. The van der Waals surface area contributed by atoms with E-state index < -0.39 is 25.8 Å². The van der Waals surface area contributed by atoms with Crippen molar-refractivity contribution in [2.45, 2.75) is 43.1 Å². The van der Waals surface area contributed by atoms with Gasteiger partial charge in [0.1, 0.15) is 0 Å². The molecule has 0 unspecified atom stereocenters. The SMILES string of the molecule is CCC(C)(C)Nc1ccccc1S(=O)(=O)C(F)(F)F. The van der Waals surface area contributed by atoms with Crippen LogP contribution < -0.4 is 5.32 Å². The van der Waals surface area contributed by atoms with Crippen LogP contribution in [0.5, 0.6) is 0 Å². The molecule has 0 atom stereocenters. The van der Waals surface area contributed by atoms with Crippen LogP contribution >= 0.6 is 0 Å². The Labute approximate surface area is 110 Å². The van der Waals surface area contributed by atoms with Crippen LogP contribution in [0.25, 0.3) is 0 Å². The van der Waals surface area contributed by atoms with Crippen molar-refractivity contribution in [1.29, 1.82) is 0 Å². The standard InChI is InChI=1S/C12H16F3NO2S/c1-4-11(2,3)16-9-7-5-6-8-10(9)19(17,18)12(13,14)15/h5-8,16H,4H2,1-3H3. The Morgan fingerprint density at radius 2 is 1.68 bits per heavy atom. The third-order valence-electron chi connectivity index (χ3n) is 2.84. The number of sulfone groups is 1. The Hall–Kier alpha value is -1.24. The monoisotopic (exact) mass is 295 g/mol. The predicted octanol–water partition coefficient (Wildman–Crippen LogP) is 3.58. The molecular weight excluding hydrogens is 279 g/mol. The molecule has 0 bridgehead atoms. The van der Waals surface area contributed by atoms with Gasteiger partial charge in [-0.25, -0.2) is 8.42 Å². The van der Waals surface area contributed by atoms with E-state index in [0.717, 1.165) is 6.07 Å². The molecule has 0 aliphatic heterocycles. The van der Waals surface area contributed by atoms with Crippen LogP contribution in [0.15, 0.2) is 29.2 Å². The maximum Gasteiger partial charge on any atom is 0.501 e. The minimum Gasteiger partial charge on any atom is -0.379 e. The summed E-state index contributed by atoms with van der Waals surface area (Å²) < 4.78 is 60.8. The summed E-state index contributed by atoms with van der Waals surface area (Å²) in [5.41, 5.74) is -5.84. The van der Waals surface area contributed by atoms with Crippen LogP contribution in [0.1, 0.15) is 27.2 Å². The van der Waals surface area contributed by atoms with Crippen LogP contribution in [-0.2, 0) is 9.84 Å². The zero-order valence-electron chi connectivity index (χ0n) is 10.9. The molecule has 0 aliphatic rings. The Kier molecular flexibility index (Phi) is 4.19. The molecule has 1 N–H and O–H groups in total. The van der Waals surface area contributed by atoms with E-state index in [1.165, 1.54) is 18.2 Å². The minimum atomic E-state index is -5.35. The number of hydrogen-bond acceptors (Lipinski definition) is 3. The van der Waals surface area contributed by atoms with E-state index in [-0.39, 0.29) is 5.69 Å². The smallest absolute Gasteiger partial charge is 0.379 e. The Morgan fingerprint density at radius 3 is 2.16 bits per heavy atom. The van der Waals surface area contributed by atoms with Crippen LogP contribution in [0.4, 0.5) is 18.9 Å². The van der Waals surface area contributed by atoms with Crippen molar-refractivity contribution in [3.05, 3.63) is 24.3 Å². The fourth-order valence-corrected chi connectivity index (χ4v) is 2.30. The summed E-state index contributed by atoms with van der Waals surface area (Å²) in [6, 6.07) is 5.04. The predicted molar refractivity (Wildman–Crippen MR) is 67.7 cm³/mol. The average Bonchev–Trinajstić information content (AvgIpc) is 2.27. The summed E-state index contributed by atoms with van der Waals surface area (Å²) in [7, 11) is -5.35. The van der Waals surface area contributed by atoms with E-state index in [2.05, 4.69) is 5.32 Å². The third kappa shape index (κ3) is 3.40. The lowest BCUT2D eigenvalue weighted by Gasteiger charge is -2.27. The maximum absolute atomic E-state index is 12.6. The van der Waals surface area contributed by atoms with Crippen molar-refractivity contribution in [3.63, 3.8) is 0 Å². The number of para-hydroxylation sites is 1. The van der Waals surface area contributed by atoms with Gasteiger partial charge in [-0.05, 0) is 32.4 Å². The highest BCUT2D eigenvalue weighted by atomic mass is 32.2. The number of benzene rings is 1. The lowest BCUT2D eigenvalue weighted by atomic mass is 10.0. The van der Waals surface area contributed by atoms with Gasteiger partial charge in [0.2, 0.25) is 0 Å². The first-order valence-electron chi connectivity index (χ1n) is 5.70. The average molecular weight is 295 g/mol. The third-order valence-corrected chi connectivity index (χ3v) is 4.38. The Balaban J connectivity index is 3.33. The number of rotatable bonds is 4. The molecule has 0 spiro atoms. The summed E-state index contributed by atoms with van der Waals surface area (Å²) in [5.74, 6) is 0. The van der Waals surface area contributed by atoms with Gasteiger partial charge in [-0.15, -0.1) is 0 Å². The van der Waals surface area contributed by atoms with E-state index in [4.69, 9.17) is 0 Å². The summed E-state index contributed by atoms with van der Waals surface area (Å²) in [4.78, 5) is -0.746. The first-order valence-corrected chi connectivity index (χ1v) is 7.18. The topological polar surface area (TPSA) is 46.2 Å². The maximum atomic E-state index is 12.6. The van der Waals surface area contributed by atoms with E-state index in [9.17, 15) is 21.6 Å². The molecule has 0 fully saturated rings. The van der Waals surface area contributed by atoms with Crippen molar-refractivity contribution in [2.24, 2.45) is 0 Å². The molecule has 0 saturated heterocycles. The lowest BCUT2D eigenvalue weighted by Crippen LogP contribution is -2.31. The molecule has 1 aromatic rings. The zero-order valence-corrected chi connectivity index (χ0v) is 11.7. The number of nitrogens with one attached hydrogen (secondary N) is 1. The van der Waals surface area contributed by atoms with Gasteiger partial charge in [-0.2, -0.15) is 13.2 Å². The molecule has 0 radical (unpaired) electrons. The fraction of sp³-hybridized carbons (Fsp3) is 0.500. The first kappa shape index (κ1) is 15.8. The van der Waals surface area contributed by atoms with Gasteiger partial charge in [0.15, 0.2) is 0 Å². The van der Waals surface area contributed by atoms with E-state index in [1.54, 1.807) is 13.8 Å². The summed E-state index contributed by atoms with van der Waals surface area (Å²) in [5, 5.41) is 2.84. The molecule has 19 heavy (non-hydrogen) atoms. The Morgan fingerprint density at radius 1 is 1.16 bits per heavy atom. The van der Waals surface area contributed by atoms with Crippen molar-refractivity contribution in [1.82, 2.24) is 0 Å². The van der Waals surface area contributed by atoms with Crippen LogP contribution in [0.3, 0.4) is 0 Å². The minimum absolute atomic E-state index is 0.0355. The number of hydrogen-bond donors (Lipinski definition) is 1. The number of alkyl halides is 3. The van der Waals surface area contributed by atoms with Crippen molar-refractivity contribution in [2.75, 3.05) is 5.32 Å². The van der Waals surface area contributed by atoms with Gasteiger partial charge in [-0.1, -0.05) is 19.1 Å². The second-order valence-corrected chi connectivity index (χ2v) is 6.72. The molecule has 3 nitrogen and oxygen atoms in total. The number of halogens is 3. The summed E-state index contributed by atoms with van der Waals surface area (Å²) in [6.45, 7) is 5.42. The molecule has 108 valence electrons. The van der Waals surface area contributed by atoms with Gasteiger partial charge in [0.25, 0.3) is 9.84 Å². The van der Waals surface area contributed by atoms with Crippen molar-refractivity contribution >= 4 is 15.5 Å². The molecule has 0 aliphatic carbocycles.